The Balaban J connectivity index is 2.86. The predicted molar refractivity (Wildman–Crippen MR) is 56.9 cm³/mol. The number of primary amides is 1. The van der Waals surface area contributed by atoms with Crippen LogP contribution in [0, 0.1) is 0 Å². The first kappa shape index (κ1) is 12.2. The zero-order chi connectivity index (χ0) is 12.1. The molecule has 0 aromatic heterocycles. The van der Waals surface area contributed by atoms with Crippen molar-refractivity contribution in [2.24, 2.45) is 5.73 Å². The molecule has 5 nitrogen and oxygen atoms in total. The van der Waals surface area contributed by atoms with Crippen LogP contribution < -0.4 is 5.73 Å². The van der Waals surface area contributed by atoms with Crippen LogP contribution in [0.5, 0.6) is 0 Å². The van der Waals surface area contributed by atoms with Gasteiger partial charge in [-0.2, -0.15) is 0 Å². The van der Waals surface area contributed by atoms with Crippen molar-refractivity contribution in [1.82, 2.24) is 0 Å². The highest BCUT2D eigenvalue weighted by Crippen LogP contribution is 2.09. The number of esters is 1. The van der Waals surface area contributed by atoms with Crippen molar-refractivity contribution < 1.29 is 19.4 Å². The second kappa shape index (κ2) is 5.27. The maximum atomic E-state index is 11.5. The van der Waals surface area contributed by atoms with Crippen molar-refractivity contribution in [1.29, 1.82) is 0 Å². The molecule has 86 valence electrons. The van der Waals surface area contributed by atoms with Crippen LogP contribution in [0.3, 0.4) is 0 Å². The smallest absolute Gasteiger partial charge is 0.339 e. The third-order valence-electron chi connectivity index (χ3n) is 1.87. The second-order valence-corrected chi connectivity index (χ2v) is 3.36. The van der Waals surface area contributed by atoms with Gasteiger partial charge in [-0.3, -0.25) is 4.79 Å². The molecule has 0 fully saturated rings. The highest BCUT2D eigenvalue weighted by molar-refractivity contribution is 6.04. The van der Waals surface area contributed by atoms with E-state index in [1.807, 2.05) is 0 Å². The summed E-state index contributed by atoms with van der Waals surface area (Å²) in [5, 5.41) is 8.96. The number of aliphatic hydroxyl groups is 1. The number of carbonyl (C=O) groups excluding carboxylic acids is 2. The van der Waals surface area contributed by atoms with Gasteiger partial charge in [0.25, 0.3) is 0 Å². The van der Waals surface area contributed by atoms with E-state index in [0.29, 0.717) is 0 Å². The average molecular weight is 223 g/mol. The molecule has 0 radical (unpaired) electrons. The Morgan fingerprint density at radius 2 is 1.94 bits per heavy atom. The number of carbonyl (C=O) groups is 2. The van der Waals surface area contributed by atoms with Crippen LogP contribution >= 0.6 is 0 Å². The number of hydrogen-bond acceptors (Lipinski definition) is 4. The lowest BCUT2D eigenvalue weighted by Crippen LogP contribution is -2.20. The third-order valence-corrected chi connectivity index (χ3v) is 1.87. The summed E-state index contributed by atoms with van der Waals surface area (Å²) in [6.45, 7) is 1.37. The van der Waals surface area contributed by atoms with Crippen LogP contribution in [0.2, 0.25) is 0 Å². The summed E-state index contributed by atoms with van der Waals surface area (Å²) in [6, 6.07) is 6.10. The molecular formula is C11H13NO4. The second-order valence-electron chi connectivity index (χ2n) is 3.36. The van der Waals surface area contributed by atoms with Crippen molar-refractivity contribution in [3.8, 4) is 0 Å². The Morgan fingerprint density at radius 1 is 1.38 bits per heavy atom. The first-order chi connectivity index (χ1) is 7.52. The number of aliphatic hydroxyl groups excluding tert-OH is 1. The number of hydrogen-bond donors (Lipinski definition) is 2. The molecule has 1 amide bonds. The Morgan fingerprint density at radius 3 is 2.44 bits per heavy atom. The van der Waals surface area contributed by atoms with Gasteiger partial charge in [0.2, 0.25) is 5.91 Å². The normalized spacial score (nSPS) is 11.9. The van der Waals surface area contributed by atoms with Gasteiger partial charge in [0, 0.05) is 0 Å². The third kappa shape index (κ3) is 3.06. The fourth-order valence-corrected chi connectivity index (χ4v) is 1.15. The fraction of sp³-hybridized carbons (Fsp3) is 0.273. The number of ether oxygens (including phenoxy) is 1. The van der Waals surface area contributed by atoms with Gasteiger partial charge in [0.05, 0.1) is 17.2 Å². The molecule has 0 saturated heterocycles. The molecule has 0 heterocycles. The van der Waals surface area contributed by atoms with Gasteiger partial charge >= 0.3 is 5.97 Å². The van der Waals surface area contributed by atoms with Crippen LogP contribution in [0.25, 0.3) is 0 Å². The van der Waals surface area contributed by atoms with E-state index in [2.05, 4.69) is 0 Å². The van der Waals surface area contributed by atoms with Crippen molar-refractivity contribution >= 4 is 11.9 Å². The van der Waals surface area contributed by atoms with Gasteiger partial charge in [0.15, 0.2) is 0 Å². The largest absolute Gasteiger partial charge is 0.459 e. The summed E-state index contributed by atoms with van der Waals surface area (Å²) in [5.41, 5.74) is 5.33. The van der Waals surface area contributed by atoms with Gasteiger partial charge in [-0.25, -0.2) is 4.79 Å². The first-order valence-electron chi connectivity index (χ1n) is 4.76. The molecule has 5 heteroatoms. The van der Waals surface area contributed by atoms with Gasteiger partial charge in [-0.15, -0.1) is 0 Å². The highest BCUT2D eigenvalue weighted by atomic mass is 16.5. The van der Waals surface area contributed by atoms with Gasteiger partial charge in [0.1, 0.15) is 6.61 Å². The number of amides is 1. The van der Waals surface area contributed by atoms with Crippen LogP contribution in [0.4, 0.5) is 0 Å². The summed E-state index contributed by atoms with van der Waals surface area (Å²) < 4.78 is 4.78. The summed E-state index contributed by atoms with van der Waals surface area (Å²) in [7, 11) is 0. The average Bonchev–Trinajstić information content (AvgIpc) is 2.25. The zero-order valence-corrected chi connectivity index (χ0v) is 8.84. The van der Waals surface area contributed by atoms with Crippen molar-refractivity contribution in [2.75, 3.05) is 6.61 Å². The highest BCUT2D eigenvalue weighted by Gasteiger charge is 2.15. The van der Waals surface area contributed by atoms with Crippen LogP contribution in [0.1, 0.15) is 27.6 Å². The molecule has 0 spiro atoms. The minimum Gasteiger partial charge on any atom is -0.459 e. The zero-order valence-electron chi connectivity index (χ0n) is 8.84. The van der Waals surface area contributed by atoms with Crippen LogP contribution in [-0.2, 0) is 4.74 Å². The molecule has 0 aliphatic carbocycles. The summed E-state index contributed by atoms with van der Waals surface area (Å²) >= 11 is 0. The molecule has 16 heavy (non-hydrogen) atoms. The van der Waals surface area contributed by atoms with Crippen molar-refractivity contribution in [3.63, 3.8) is 0 Å². The lowest BCUT2D eigenvalue weighted by Gasteiger charge is -2.08. The molecule has 1 aromatic carbocycles. The predicted octanol–water partition coefficient (Wildman–Crippen LogP) is 0.323. The lowest BCUT2D eigenvalue weighted by molar-refractivity contribution is 0.0294. The van der Waals surface area contributed by atoms with E-state index < -0.39 is 18.0 Å². The molecule has 1 aromatic rings. The molecule has 0 aliphatic heterocycles. The summed E-state index contributed by atoms with van der Waals surface area (Å²) in [4.78, 5) is 22.6. The maximum Gasteiger partial charge on any atom is 0.339 e. The monoisotopic (exact) mass is 223 g/mol. The number of rotatable bonds is 4. The Kier molecular flexibility index (Phi) is 4.02. The Bertz CT molecular complexity index is 401. The SMILES string of the molecule is CC(O)COC(=O)c1ccccc1C(N)=O. The van der Waals surface area contributed by atoms with E-state index in [9.17, 15) is 9.59 Å². The van der Waals surface area contributed by atoms with E-state index in [0.717, 1.165) is 0 Å². The molecular weight excluding hydrogens is 210 g/mol. The van der Waals surface area contributed by atoms with Crippen LogP contribution in [0.15, 0.2) is 24.3 Å². The quantitative estimate of drug-likeness (QED) is 0.719. The molecule has 1 unspecified atom stereocenters. The lowest BCUT2D eigenvalue weighted by atomic mass is 10.1. The summed E-state index contributed by atoms with van der Waals surface area (Å²) in [6.07, 6.45) is -0.746. The molecule has 1 atom stereocenters. The van der Waals surface area contributed by atoms with Crippen LogP contribution in [-0.4, -0.2) is 29.7 Å². The number of benzene rings is 1. The minimum absolute atomic E-state index is 0.107. The van der Waals surface area contributed by atoms with Crippen molar-refractivity contribution in [2.45, 2.75) is 13.0 Å². The first-order valence-corrected chi connectivity index (χ1v) is 4.76. The molecule has 0 bridgehead atoms. The molecule has 3 N–H and O–H groups in total. The molecule has 0 aliphatic rings. The Hall–Kier alpha value is -1.88. The topological polar surface area (TPSA) is 89.6 Å². The van der Waals surface area contributed by atoms with E-state index in [4.69, 9.17) is 15.6 Å². The van der Waals surface area contributed by atoms with Gasteiger partial charge in [-0.1, -0.05) is 12.1 Å². The molecule has 0 saturated carbocycles. The summed E-state index contributed by atoms with van der Waals surface area (Å²) in [5.74, 6) is -1.36. The van der Waals surface area contributed by atoms with Gasteiger partial charge in [-0.05, 0) is 19.1 Å². The van der Waals surface area contributed by atoms with Gasteiger partial charge < -0.3 is 15.6 Å². The van der Waals surface area contributed by atoms with E-state index >= 15 is 0 Å². The van der Waals surface area contributed by atoms with E-state index in [-0.39, 0.29) is 17.7 Å². The maximum absolute atomic E-state index is 11.5. The van der Waals surface area contributed by atoms with Crippen molar-refractivity contribution in [3.05, 3.63) is 35.4 Å². The van der Waals surface area contributed by atoms with E-state index in [1.165, 1.54) is 19.1 Å². The van der Waals surface area contributed by atoms with E-state index in [1.54, 1.807) is 12.1 Å². The fourth-order valence-electron chi connectivity index (χ4n) is 1.15. The molecule has 1 rings (SSSR count). The minimum atomic E-state index is -0.746. The standard InChI is InChI=1S/C11H13NO4/c1-7(13)6-16-11(15)9-5-3-2-4-8(9)10(12)14/h2-5,7,13H,6H2,1H3,(H2,12,14). The Labute approximate surface area is 92.8 Å². The number of nitrogens with two attached hydrogens (primary N) is 1.